The quantitative estimate of drug-likeness (QED) is 0.730. The summed E-state index contributed by atoms with van der Waals surface area (Å²) in [4.78, 5) is 21.6. The molecule has 14 heavy (non-hydrogen) atoms. The van der Waals surface area contributed by atoms with Crippen LogP contribution in [0.15, 0.2) is 0 Å². The Kier molecular flexibility index (Phi) is 7.45. The Morgan fingerprint density at radius 1 is 1.43 bits per heavy atom. The molecule has 0 saturated carbocycles. The molecule has 1 N–H and O–H groups in total. The Labute approximate surface area is 101 Å². The van der Waals surface area contributed by atoms with E-state index in [1.54, 1.807) is 0 Å². The molecule has 0 bridgehead atoms. The normalized spacial score (nSPS) is 14.8. The van der Waals surface area contributed by atoms with Crippen LogP contribution in [0.1, 0.15) is 26.2 Å². The first-order valence-corrected chi connectivity index (χ1v) is 6.53. The van der Waals surface area contributed by atoms with Crippen LogP contribution in [0.4, 0.5) is 0 Å². The first-order valence-electron chi connectivity index (χ1n) is 4.50. The van der Waals surface area contributed by atoms with Crippen molar-refractivity contribution in [3.8, 4) is 0 Å². The van der Waals surface area contributed by atoms with Crippen LogP contribution in [-0.2, 0) is 9.59 Å². The van der Waals surface area contributed by atoms with Crippen molar-refractivity contribution in [3.63, 3.8) is 0 Å². The number of hydrogen-bond acceptors (Lipinski definition) is 2. The van der Waals surface area contributed by atoms with Gasteiger partial charge in [-0.2, -0.15) is 0 Å². The Balaban J connectivity index is 4.32. The highest BCUT2D eigenvalue weighted by molar-refractivity contribution is 9.10. The molecule has 0 aromatic rings. The van der Waals surface area contributed by atoms with Crippen LogP contribution in [0.3, 0.4) is 0 Å². The second-order valence-electron chi connectivity index (χ2n) is 3.09. The fourth-order valence-corrected chi connectivity index (χ4v) is 2.55. The lowest BCUT2D eigenvalue weighted by Gasteiger charge is -2.16. The van der Waals surface area contributed by atoms with E-state index < -0.39 is 16.7 Å². The van der Waals surface area contributed by atoms with Gasteiger partial charge in [-0.1, -0.05) is 51.6 Å². The number of halogens is 2. The molecule has 0 aliphatic rings. The average molecular weight is 330 g/mol. The lowest BCUT2D eigenvalue weighted by molar-refractivity contribution is -0.143. The van der Waals surface area contributed by atoms with Crippen LogP contribution in [0, 0.1) is 5.92 Å². The molecule has 0 radical (unpaired) electrons. The molecule has 0 aromatic carbocycles. The summed E-state index contributed by atoms with van der Waals surface area (Å²) in [6, 6.07) is 0. The molecule has 0 aromatic heterocycles. The van der Waals surface area contributed by atoms with Gasteiger partial charge < -0.3 is 5.11 Å². The summed E-state index contributed by atoms with van der Waals surface area (Å²) in [7, 11) is 0. The van der Waals surface area contributed by atoms with Crippen molar-refractivity contribution in [1.29, 1.82) is 0 Å². The van der Waals surface area contributed by atoms with Gasteiger partial charge in [0.15, 0.2) is 5.78 Å². The van der Waals surface area contributed by atoms with Crippen molar-refractivity contribution in [3.05, 3.63) is 0 Å². The molecule has 2 unspecified atom stereocenters. The highest BCUT2D eigenvalue weighted by atomic mass is 79.9. The maximum absolute atomic E-state index is 11.3. The zero-order valence-corrected chi connectivity index (χ0v) is 11.2. The largest absolute Gasteiger partial charge is 0.481 e. The Morgan fingerprint density at radius 2 is 2.00 bits per heavy atom. The molecule has 3 nitrogen and oxygen atoms in total. The Morgan fingerprint density at radius 3 is 2.36 bits per heavy atom. The van der Waals surface area contributed by atoms with Gasteiger partial charge in [0.25, 0.3) is 0 Å². The van der Waals surface area contributed by atoms with Crippen molar-refractivity contribution in [2.24, 2.45) is 5.92 Å². The van der Waals surface area contributed by atoms with Crippen molar-refractivity contribution in [2.75, 3.05) is 5.33 Å². The van der Waals surface area contributed by atoms with Crippen molar-refractivity contribution in [2.45, 2.75) is 31.0 Å². The number of ketones is 1. The molecular formula is C9H14Br2O3. The van der Waals surface area contributed by atoms with Crippen LogP contribution in [-0.4, -0.2) is 27.0 Å². The Bertz CT molecular complexity index is 206. The predicted octanol–water partition coefficient (Wildman–Crippen LogP) is 2.60. The summed E-state index contributed by atoms with van der Waals surface area (Å²) in [5.41, 5.74) is 0. The second-order valence-corrected chi connectivity index (χ2v) is 4.64. The van der Waals surface area contributed by atoms with E-state index in [-0.39, 0.29) is 11.1 Å². The lowest BCUT2D eigenvalue weighted by Crippen LogP contribution is -2.31. The average Bonchev–Trinajstić information content (AvgIpc) is 2.16. The molecule has 0 heterocycles. The van der Waals surface area contributed by atoms with Gasteiger partial charge in [0.05, 0.1) is 16.1 Å². The molecule has 5 heteroatoms. The topological polar surface area (TPSA) is 54.4 Å². The summed E-state index contributed by atoms with van der Waals surface area (Å²) in [5, 5.41) is 9.11. The molecule has 2 atom stereocenters. The zero-order valence-electron chi connectivity index (χ0n) is 8.00. The highest BCUT2D eigenvalue weighted by Gasteiger charge is 2.29. The van der Waals surface area contributed by atoms with E-state index in [9.17, 15) is 9.59 Å². The van der Waals surface area contributed by atoms with E-state index in [1.165, 1.54) is 0 Å². The molecule has 0 saturated heterocycles. The van der Waals surface area contributed by atoms with E-state index in [2.05, 4.69) is 31.9 Å². The van der Waals surface area contributed by atoms with Crippen molar-refractivity contribution < 1.29 is 14.7 Å². The van der Waals surface area contributed by atoms with Gasteiger partial charge in [0, 0.05) is 0 Å². The number of carbonyl (C=O) groups excluding carboxylic acids is 1. The predicted molar refractivity (Wildman–Crippen MR) is 62.2 cm³/mol. The summed E-state index contributed by atoms with van der Waals surface area (Å²) >= 11 is 6.17. The van der Waals surface area contributed by atoms with E-state index in [4.69, 9.17) is 5.11 Å². The fourth-order valence-electron chi connectivity index (χ4n) is 1.12. The maximum atomic E-state index is 11.3. The van der Waals surface area contributed by atoms with E-state index in [0.29, 0.717) is 6.42 Å². The van der Waals surface area contributed by atoms with Crippen LogP contribution in [0.2, 0.25) is 0 Å². The fraction of sp³-hybridized carbons (Fsp3) is 0.778. The molecule has 0 amide bonds. The number of rotatable bonds is 7. The second kappa shape index (κ2) is 7.40. The van der Waals surface area contributed by atoms with Crippen molar-refractivity contribution in [1.82, 2.24) is 0 Å². The molecule has 0 aliphatic heterocycles. The number of alkyl halides is 2. The zero-order chi connectivity index (χ0) is 11.1. The minimum absolute atomic E-state index is 0.117. The lowest BCUT2D eigenvalue weighted by atomic mass is 9.97. The molecular weight excluding hydrogens is 316 g/mol. The summed E-state index contributed by atoms with van der Waals surface area (Å²) < 4.78 is 0. The van der Waals surface area contributed by atoms with Gasteiger partial charge in [0.1, 0.15) is 0 Å². The van der Waals surface area contributed by atoms with Gasteiger partial charge in [-0.3, -0.25) is 9.59 Å². The van der Waals surface area contributed by atoms with Gasteiger partial charge >= 0.3 is 5.97 Å². The van der Waals surface area contributed by atoms with Crippen LogP contribution < -0.4 is 0 Å². The standard InChI is InChI=1S/C9H14Br2O3/c1-2-3-4-6(9(13)14)8(11)7(12)5-10/h6,8H,2-5H2,1H3,(H,13,14). The van der Waals surface area contributed by atoms with Crippen molar-refractivity contribution >= 4 is 43.6 Å². The molecule has 82 valence electrons. The molecule has 0 fully saturated rings. The first kappa shape index (κ1) is 14.1. The summed E-state index contributed by atoms with van der Waals surface area (Å²) in [6.45, 7) is 1.99. The van der Waals surface area contributed by atoms with Crippen LogP contribution in [0.5, 0.6) is 0 Å². The third-order valence-corrected chi connectivity index (χ3v) is 3.68. The third kappa shape index (κ3) is 4.55. The number of carboxylic acid groups (broad SMARTS) is 1. The smallest absolute Gasteiger partial charge is 0.308 e. The highest BCUT2D eigenvalue weighted by Crippen LogP contribution is 2.21. The number of Topliss-reactive ketones (excluding diaryl/α,β-unsaturated/α-hetero) is 1. The van der Waals surface area contributed by atoms with E-state index in [1.807, 2.05) is 6.92 Å². The SMILES string of the molecule is CCCCC(C(=O)O)C(Br)C(=O)CBr. The first-order chi connectivity index (χ1) is 6.54. The maximum Gasteiger partial charge on any atom is 0.308 e. The van der Waals surface area contributed by atoms with Gasteiger partial charge in [-0.15, -0.1) is 0 Å². The van der Waals surface area contributed by atoms with E-state index >= 15 is 0 Å². The molecule has 0 rings (SSSR count). The number of carbonyl (C=O) groups is 2. The number of hydrogen-bond donors (Lipinski definition) is 1. The molecule has 0 spiro atoms. The monoisotopic (exact) mass is 328 g/mol. The van der Waals surface area contributed by atoms with Crippen LogP contribution in [0.25, 0.3) is 0 Å². The van der Waals surface area contributed by atoms with Gasteiger partial charge in [-0.25, -0.2) is 0 Å². The minimum atomic E-state index is -0.908. The van der Waals surface area contributed by atoms with Crippen LogP contribution >= 0.6 is 31.9 Å². The number of aliphatic carboxylic acids is 1. The number of carboxylic acids is 1. The minimum Gasteiger partial charge on any atom is -0.481 e. The Hall–Kier alpha value is 0.1000. The molecule has 0 aliphatic carbocycles. The summed E-state index contributed by atoms with van der Waals surface area (Å²) in [6.07, 6.45) is 2.31. The van der Waals surface area contributed by atoms with Gasteiger partial charge in [-0.05, 0) is 6.42 Å². The number of unbranched alkanes of at least 4 members (excludes halogenated alkanes) is 1. The van der Waals surface area contributed by atoms with E-state index in [0.717, 1.165) is 12.8 Å². The third-order valence-electron chi connectivity index (χ3n) is 1.98. The van der Waals surface area contributed by atoms with Gasteiger partial charge in [0.2, 0.25) is 0 Å². The summed E-state index contributed by atoms with van der Waals surface area (Å²) in [5.74, 6) is -1.64.